The van der Waals surface area contributed by atoms with Crippen LogP contribution in [0, 0.1) is 11.7 Å². The number of ether oxygens (including phenoxy) is 2. The van der Waals surface area contributed by atoms with Gasteiger partial charge in [0.1, 0.15) is 0 Å². The second-order valence-electron chi connectivity index (χ2n) is 6.94. The summed E-state index contributed by atoms with van der Waals surface area (Å²) in [6, 6.07) is 13.5. The van der Waals surface area contributed by atoms with Crippen LogP contribution in [0.3, 0.4) is 0 Å². The average molecular weight is 431 g/mol. The number of halogens is 1. The van der Waals surface area contributed by atoms with E-state index in [9.17, 15) is 12.8 Å². The third-order valence-electron chi connectivity index (χ3n) is 4.05. The van der Waals surface area contributed by atoms with Crippen LogP contribution in [0.5, 0.6) is 11.6 Å². The van der Waals surface area contributed by atoms with E-state index in [1.54, 1.807) is 36.4 Å². The van der Waals surface area contributed by atoms with Crippen molar-refractivity contribution in [1.29, 1.82) is 0 Å². The van der Waals surface area contributed by atoms with Gasteiger partial charge >= 0.3 is 0 Å². The summed E-state index contributed by atoms with van der Waals surface area (Å²) in [5, 5.41) is 8.19. The Labute approximate surface area is 174 Å². The van der Waals surface area contributed by atoms with Crippen LogP contribution in [-0.4, -0.2) is 32.3 Å². The lowest BCUT2D eigenvalue weighted by Crippen LogP contribution is -2.13. The summed E-state index contributed by atoms with van der Waals surface area (Å²) >= 11 is 0. The molecule has 0 aliphatic rings. The monoisotopic (exact) mass is 431 g/mol. The van der Waals surface area contributed by atoms with Crippen molar-refractivity contribution in [2.24, 2.45) is 5.92 Å². The number of nitrogens with zero attached hydrogens (tertiary/aromatic N) is 2. The minimum Gasteiger partial charge on any atom is -0.494 e. The van der Waals surface area contributed by atoms with Crippen LogP contribution in [0.25, 0.3) is 11.3 Å². The summed E-state index contributed by atoms with van der Waals surface area (Å²) in [7, 11) is -2.67. The molecule has 158 valence electrons. The van der Waals surface area contributed by atoms with Crippen LogP contribution < -0.4 is 14.2 Å². The standard InChI is InChI=1S/C21H22FN3O4S/c1-14(2)13-29-21-10-9-19(23-24-21)15-5-4-6-16(11-15)25-30(26,27)17-7-8-18(22)20(12-17)28-3/h4-12,14,25H,13H2,1-3H3. The predicted molar refractivity (Wildman–Crippen MR) is 112 cm³/mol. The van der Waals surface area contributed by atoms with Crippen molar-refractivity contribution < 1.29 is 22.3 Å². The van der Waals surface area contributed by atoms with Crippen LogP contribution in [0.4, 0.5) is 10.1 Å². The van der Waals surface area contributed by atoms with Crippen molar-refractivity contribution in [3.63, 3.8) is 0 Å². The van der Waals surface area contributed by atoms with Crippen LogP contribution >= 0.6 is 0 Å². The first-order valence-corrected chi connectivity index (χ1v) is 10.7. The second kappa shape index (κ2) is 9.08. The highest BCUT2D eigenvalue weighted by atomic mass is 32.2. The predicted octanol–water partition coefficient (Wildman–Crippen LogP) is 4.13. The summed E-state index contributed by atoms with van der Waals surface area (Å²) in [5.74, 6) is 0.00587. The van der Waals surface area contributed by atoms with Gasteiger partial charge in [-0.25, -0.2) is 12.8 Å². The van der Waals surface area contributed by atoms with E-state index in [0.717, 1.165) is 12.1 Å². The van der Waals surface area contributed by atoms with Gasteiger partial charge in [0, 0.05) is 23.4 Å². The molecule has 0 atom stereocenters. The zero-order valence-electron chi connectivity index (χ0n) is 16.8. The quantitative estimate of drug-likeness (QED) is 0.577. The molecular weight excluding hydrogens is 409 g/mol. The van der Waals surface area contributed by atoms with E-state index in [2.05, 4.69) is 14.9 Å². The average Bonchev–Trinajstić information content (AvgIpc) is 2.72. The van der Waals surface area contributed by atoms with Gasteiger partial charge in [-0.1, -0.05) is 26.0 Å². The Kier molecular flexibility index (Phi) is 6.51. The molecule has 1 aromatic heterocycles. The number of anilines is 1. The van der Waals surface area contributed by atoms with Crippen molar-refractivity contribution in [3.05, 3.63) is 60.4 Å². The van der Waals surface area contributed by atoms with Gasteiger partial charge in [0.25, 0.3) is 10.0 Å². The fourth-order valence-electron chi connectivity index (χ4n) is 2.57. The summed E-state index contributed by atoms with van der Waals surface area (Å²) in [6.07, 6.45) is 0. The summed E-state index contributed by atoms with van der Waals surface area (Å²) in [6.45, 7) is 4.62. The smallest absolute Gasteiger partial charge is 0.262 e. The van der Waals surface area contributed by atoms with Crippen LogP contribution in [0.1, 0.15) is 13.8 Å². The lowest BCUT2D eigenvalue weighted by atomic mass is 10.1. The number of hydrogen-bond acceptors (Lipinski definition) is 6. The van der Waals surface area contributed by atoms with Crippen LogP contribution in [-0.2, 0) is 10.0 Å². The lowest BCUT2D eigenvalue weighted by molar-refractivity contribution is 0.258. The largest absolute Gasteiger partial charge is 0.494 e. The molecule has 0 aliphatic heterocycles. The Balaban J connectivity index is 1.80. The van der Waals surface area contributed by atoms with E-state index in [-0.39, 0.29) is 10.6 Å². The Hall–Kier alpha value is -3.20. The van der Waals surface area contributed by atoms with Gasteiger partial charge in [-0.15, -0.1) is 10.2 Å². The number of sulfonamides is 1. The Morgan fingerprint density at radius 3 is 2.53 bits per heavy atom. The number of rotatable bonds is 8. The molecule has 0 spiro atoms. The van der Waals surface area contributed by atoms with Crippen molar-refractivity contribution in [1.82, 2.24) is 10.2 Å². The van der Waals surface area contributed by atoms with Crippen LogP contribution in [0.15, 0.2) is 59.5 Å². The SMILES string of the molecule is COc1cc(S(=O)(=O)Nc2cccc(-c3ccc(OCC(C)C)nn3)c2)ccc1F. The maximum absolute atomic E-state index is 13.6. The fraction of sp³-hybridized carbons (Fsp3) is 0.238. The number of methoxy groups -OCH3 is 1. The van der Waals surface area contributed by atoms with E-state index in [1.807, 2.05) is 13.8 Å². The first kappa shape index (κ1) is 21.5. The first-order chi connectivity index (χ1) is 14.3. The number of nitrogens with one attached hydrogen (secondary N) is 1. The molecule has 1 heterocycles. The van der Waals surface area contributed by atoms with Gasteiger partial charge in [-0.2, -0.15) is 0 Å². The van der Waals surface area contributed by atoms with E-state index in [4.69, 9.17) is 9.47 Å². The Bertz CT molecular complexity index is 1120. The van der Waals surface area contributed by atoms with Gasteiger partial charge in [-0.3, -0.25) is 4.72 Å². The van der Waals surface area contributed by atoms with Gasteiger partial charge in [-0.05, 0) is 36.2 Å². The second-order valence-corrected chi connectivity index (χ2v) is 8.63. The van der Waals surface area contributed by atoms with E-state index in [0.29, 0.717) is 35.3 Å². The molecule has 1 N–H and O–H groups in total. The number of hydrogen-bond donors (Lipinski definition) is 1. The molecule has 0 bridgehead atoms. The normalized spacial score (nSPS) is 11.4. The fourth-order valence-corrected chi connectivity index (χ4v) is 3.63. The van der Waals surface area contributed by atoms with Crippen molar-refractivity contribution in [2.75, 3.05) is 18.4 Å². The Morgan fingerprint density at radius 1 is 1.07 bits per heavy atom. The van der Waals surface area contributed by atoms with Crippen molar-refractivity contribution >= 4 is 15.7 Å². The molecule has 9 heteroatoms. The molecule has 2 aromatic carbocycles. The Morgan fingerprint density at radius 2 is 1.87 bits per heavy atom. The van der Waals surface area contributed by atoms with Crippen molar-refractivity contribution in [3.8, 4) is 22.9 Å². The molecule has 0 saturated heterocycles. The molecule has 30 heavy (non-hydrogen) atoms. The molecule has 0 unspecified atom stereocenters. The van der Waals surface area contributed by atoms with Gasteiger partial charge in [0.2, 0.25) is 5.88 Å². The van der Waals surface area contributed by atoms with Gasteiger partial charge < -0.3 is 9.47 Å². The molecule has 0 fully saturated rings. The highest BCUT2D eigenvalue weighted by Crippen LogP contribution is 2.26. The highest BCUT2D eigenvalue weighted by Gasteiger charge is 2.17. The van der Waals surface area contributed by atoms with Crippen molar-refractivity contribution in [2.45, 2.75) is 18.7 Å². The molecule has 0 amide bonds. The zero-order chi connectivity index (χ0) is 21.7. The van der Waals surface area contributed by atoms with Gasteiger partial charge in [0.15, 0.2) is 11.6 Å². The molecule has 0 aliphatic carbocycles. The summed E-state index contributed by atoms with van der Waals surface area (Å²) < 4.78 is 51.8. The first-order valence-electron chi connectivity index (χ1n) is 9.22. The van der Waals surface area contributed by atoms with E-state index >= 15 is 0 Å². The number of aromatic nitrogens is 2. The minimum atomic E-state index is -3.94. The summed E-state index contributed by atoms with van der Waals surface area (Å²) in [4.78, 5) is -0.113. The third-order valence-corrected chi connectivity index (χ3v) is 5.43. The van der Waals surface area contributed by atoms with Gasteiger partial charge in [0.05, 0.1) is 24.3 Å². The maximum Gasteiger partial charge on any atom is 0.262 e. The molecule has 0 radical (unpaired) electrons. The van der Waals surface area contributed by atoms with E-state index < -0.39 is 15.8 Å². The molecule has 3 rings (SSSR count). The summed E-state index contributed by atoms with van der Waals surface area (Å²) in [5.41, 5.74) is 1.57. The number of benzene rings is 2. The maximum atomic E-state index is 13.6. The zero-order valence-corrected chi connectivity index (χ0v) is 17.6. The lowest BCUT2D eigenvalue weighted by Gasteiger charge is -2.11. The molecule has 0 saturated carbocycles. The van der Waals surface area contributed by atoms with Crippen LogP contribution in [0.2, 0.25) is 0 Å². The minimum absolute atomic E-state index is 0.113. The third kappa shape index (κ3) is 5.24. The molecule has 3 aromatic rings. The topological polar surface area (TPSA) is 90.4 Å². The highest BCUT2D eigenvalue weighted by molar-refractivity contribution is 7.92. The molecule has 7 nitrogen and oxygen atoms in total. The van der Waals surface area contributed by atoms with E-state index in [1.165, 1.54) is 13.2 Å². The molecular formula is C21H22FN3O4S.